The van der Waals surface area contributed by atoms with Crippen molar-refractivity contribution in [3.8, 4) is 0 Å². The number of hydrogen-bond donors (Lipinski definition) is 2. The zero-order valence-electron chi connectivity index (χ0n) is 10.4. The first-order valence-corrected chi connectivity index (χ1v) is 6.31. The second kappa shape index (κ2) is 5.78. The topological polar surface area (TPSA) is 110 Å². The zero-order valence-corrected chi connectivity index (χ0v) is 12.0. The highest BCUT2D eigenvalue weighted by atomic mass is 79.9. The largest absolute Gasteiger partial charge is 0.480 e. The minimum atomic E-state index is -1.06. The Kier molecular flexibility index (Phi) is 4.08. The molecule has 0 aliphatic heterocycles. The summed E-state index contributed by atoms with van der Waals surface area (Å²) in [5.74, 6) is -1.19. The molecule has 1 amide bonds. The summed E-state index contributed by atoms with van der Waals surface area (Å²) >= 11 is 3.31. The van der Waals surface area contributed by atoms with Crippen molar-refractivity contribution in [1.82, 2.24) is 20.0 Å². The number of hydrogen-bond acceptors (Lipinski definition) is 5. The van der Waals surface area contributed by atoms with Crippen molar-refractivity contribution in [2.45, 2.75) is 13.5 Å². The second-order valence-electron chi connectivity index (χ2n) is 3.91. The van der Waals surface area contributed by atoms with Gasteiger partial charge in [-0.2, -0.15) is 0 Å². The Hall–Kier alpha value is -2.29. The van der Waals surface area contributed by atoms with Crippen LogP contribution in [-0.2, 0) is 11.3 Å². The molecule has 0 saturated heterocycles. The monoisotopic (exact) mass is 339 g/mol. The maximum absolute atomic E-state index is 11.9. The minimum absolute atomic E-state index is 0.0219. The normalized spacial score (nSPS) is 10.3. The van der Waals surface area contributed by atoms with E-state index in [-0.39, 0.29) is 12.2 Å². The Morgan fingerprint density at radius 2 is 2.20 bits per heavy atom. The molecule has 0 aliphatic carbocycles. The van der Waals surface area contributed by atoms with Gasteiger partial charge in [-0.05, 0) is 35.0 Å². The number of nitrogens with one attached hydrogen (secondary N) is 1. The quantitative estimate of drug-likeness (QED) is 0.862. The van der Waals surface area contributed by atoms with Gasteiger partial charge in [-0.15, -0.1) is 5.10 Å². The number of carboxylic acid groups (broad SMARTS) is 1. The van der Waals surface area contributed by atoms with Crippen LogP contribution in [0.2, 0.25) is 0 Å². The van der Waals surface area contributed by atoms with Crippen molar-refractivity contribution in [2.75, 3.05) is 5.32 Å². The standard InChI is InChI=1S/C11H10BrN5O3/c1-6-7(12)2-3-9(13-6)14-11(20)8-4-17(16-15-8)5-10(18)19/h2-4H,5H2,1H3,(H,18,19)(H,13,14,20). The van der Waals surface area contributed by atoms with E-state index in [9.17, 15) is 9.59 Å². The number of aliphatic carboxylic acids is 1. The lowest BCUT2D eigenvalue weighted by atomic mass is 10.3. The third-order valence-corrected chi connectivity index (χ3v) is 3.17. The molecule has 0 spiro atoms. The predicted molar refractivity (Wildman–Crippen MR) is 72.3 cm³/mol. The number of aryl methyl sites for hydroxylation is 1. The summed E-state index contributed by atoms with van der Waals surface area (Å²) in [4.78, 5) is 26.6. The average molecular weight is 340 g/mol. The van der Waals surface area contributed by atoms with Gasteiger partial charge in [0, 0.05) is 4.47 Å². The van der Waals surface area contributed by atoms with Crippen molar-refractivity contribution >= 4 is 33.6 Å². The van der Waals surface area contributed by atoms with Crippen LogP contribution in [0.25, 0.3) is 0 Å². The number of carbonyl (C=O) groups excluding carboxylic acids is 1. The highest BCUT2D eigenvalue weighted by Gasteiger charge is 2.13. The molecule has 0 aliphatic rings. The first-order chi connectivity index (χ1) is 9.45. The molecule has 9 heteroatoms. The number of amides is 1. The molecule has 0 fully saturated rings. The van der Waals surface area contributed by atoms with Crippen LogP contribution in [0, 0.1) is 6.92 Å². The van der Waals surface area contributed by atoms with E-state index in [1.165, 1.54) is 6.20 Å². The average Bonchev–Trinajstić information content (AvgIpc) is 2.81. The molecule has 2 N–H and O–H groups in total. The smallest absolute Gasteiger partial charge is 0.325 e. The van der Waals surface area contributed by atoms with E-state index < -0.39 is 11.9 Å². The van der Waals surface area contributed by atoms with E-state index in [1.54, 1.807) is 19.1 Å². The second-order valence-corrected chi connectivity index (χ2v) is 4.77. The van der Waals surface area contributed by atoms with Crippen LogP contribution in [0.1, 0.15) is 16.2 Å². The maximum atomic E-state index is 11.9. The number of pyridine rings is 1. The van der Waals surface area contributed by atoms with Crippen LogP contribution in [0.3, 0.4) is 0 Å². The summed E-state index contributed by atoms with van der Waals surface area (Å²) in [6.07, 6.45) is 1.26. The predicted octanol–water partition coefficient (Wildman–Crippen LogP) is 1.08. The lowest BCUT2D eigenvalue weighted by molar-refractivity contribution is -0.137. The van der Waals surface area contributed by atoms with E-state index in [0.29, 0.717) is 5.82 Å². The highest BCUT2D eigenvalue weighted by Crippen LogP contribution is 2.16. The fourth-order valence-corrected chi connectivity index (χ4v) is 1.63. The van der Waals surface area contributed by atoms with Crippen molar-refractivity contribution in [1.29, 1.82) is 0 Å². The van der Waals surface area contributed by atoms with Gasteiger partial charge in [-0.1, -0.05) is 5.21 Å². The molecule has 20 heavy (non-hydrogen) atoms. The van der Waals surface area contributed by atoms with Crippen LogP contribution in [0.4, 0.5) is 5.82 Å². The zero-order chi connectivity index (χ0) is 14.7. The van der Waals surface area contributed by atoms with Crippen molar-refractivity contribution < 1.29 is 14.7 Å². The van der Waals surface area contributed by atoms with Crippen LogP contribution >= 0.6 is 15.9 Å². The number of aromatic nitrogens is 4. The number of nitrogens with zero attached hydrogens (tertiary/aromatic N) is 4. The SMILES string of the molecule is Cc1nc(NC(=O)c2cn(CC(=O)O)nn2)ccc1Br. The lowest BCUT2D eigenvalue weighted by Crippen LogP contribution is -2.14. The van der Waals surface area contributed by atoms with E-state index in [4.69, 9.17) is 5.11 Å². The molecule has 0 atom stereocenters. The van der Waals surface area contributed by atoms with Gasteiger partial charge < -0.3 is 10.4 Å². The molecule has 2 aromatic heterocycles. The van der Waals surface area contributed by atoms with E-state index in [1.807, 2.05) is 0 Å². The highest BCUT2D eigenvalue weighted by molar-refractivity contribution is 9.10. The molecule has 2 aromatic rings. The van der Waals surface area contributed by atoms with Crippen molar-refractivity contribution in [3.05, 3.63) is 34.2 Å². The Balaban J connectivity index is 2.09. The first-order valence-electron chi connectivity index (χ1n) is 5.52. The summed E-state index contributed by atoms with van der Waals surface area (Å²) in [6.45, 7) is 1.44. The molecule has 2 heterocycles. The van der Waals surface area contributed by atoms with Gasteiger partial charge in [0.05, 0.1) is 11.9 Å². The summed E-state index contributed by atoms with van der Waals surface area (Å²) < 4.78 is 1.90. The van der Waals surface area contributed by atoms with E-state index in [0.717, 1.165) is 14.8 Å². The van der Waals surface area contributed by atoms with Gasteiger partial charge in [-0.25, -0.2) is 9.67 Å². The number of halogens is 1. The number of anilines is 1. The van der Waals surface area contributed by atoms with Crippen LogP contribution in [0.5, 0.6) is 0 Å². The molecule has 0 bridgehead atoms. The van der Waals surface area contributed by atoms with Gasteiger partial charge in [0.15, 0.2) is 5.69 Å². The van der Waals surface area contributed by atoms with Crippen molar-refractivity contribution in [3.63, 3.8) is 0 Å². The maximum Gasteiger partial charge on any atom is 0.325 e. The molecule has 8 nitrogen and oxygen atoms in total. The molecular formula is C11H10BrN5O3. The third-order valence-electron chi connectivity index (χ3n) is 2.33. The Bertz CT molecular complexity index is 670. The molecule has 104 valence electrons. The van der Waals surface area contributed by atoms with Crippen LogP contribution < -0.4 is 5.32 Å². The Labute approximate surface area is 121 Å². The summed E-state index contributed by atoms with van der Waals surface area (Å²) in [6, 6.07) is 3.40. The number of carboxylic acids is 1. The van der Waals surface area contributed by atoms with E-state index in [2.05, 4.69) is 36.5 Å². The molecule has 0 aromatic carbocycles. The summed E-state index contributed by atoms with van der Waals surface area (Å²) in [5, 5.41) is 18.3. The third kappa shape index (κ3) is 3.38. The minimum Gasteiger partial charge on any atom is -0.480 e. The molecule has 0 unspecified atom stereocenters. The fourth-order valence-electron chi connectivity index (χ4n) is 1.41. The van der Waals surface area contributed by atoms with Gasteiger partial charge >= 0.3 is 5.97 Å². The first kappa shape index (κ1) is 14.1. The van der Waals surface area contributed by atoms with E-state index >= 15 is 0 Å². The van der Waals surface area contributed by atoms with Gasteiger partial charge in [0.2, 0.25) is 0 Å². The molecule has 2 rings (SSSR count). The van der Waals surface area contributed by atoms with Gasteiger partial charge in [0.1, 0.15) is 12.4 Å². The van der Waals surface area contributed by atoms with Crippen LogP contribution in [0.15, 0.2) is 22.8 Å². The van der Waals surface area contributed by atoms with Gasteiger partial charge in [-0.3, -0.25) is 9.59 Å². The molecular weight excluding hydrogens is 330 g/mol. The Morgan fingerprint density at radius 3 is 2.85 bits per heavy atom. The number of carbonyl (C=O) groups is 2. The molecule has 0 saturated carbocycles. The summed E-state index contributed by atoms with van der Waals surface area (Å²) in [5.41, 5.74) is 0.756. The Morgan fingerprint density at radius 1 is 1.45 bits per heavy atom. The number of rotatable bonds is 4. The summed E-state index contributed by atoms with van der Waals surface area (Å²) in [7, 11) is 0. The fraction of sp³-hybridized carbons (Fsp3) is 0.182. The van der Waals surface area contributed by atoms with Crippen LogP contribution in [-0.4, -0.2) is 37.0 Å². The lowest BCUT2D eigenvalue weighted by Gasteiger charge is -2.04. The molecule has 0 radical (unpaired) electrons. The van der Waals surface area contributed by atoms with Gasteiger partial charge in [0.25, 0.3) is 5.91 Å². The van der Waals surface area contributed by atoms with Crippen molar-refractivity contribution in [2.24, 2.45) is 0 Å².